The molecule has 0 bridgehead atoms. The summed E-state index contributed by atoms with van der Waals surface area (Å²) in [5.74, 6) is -3.42. The van der Waals surface area contributed by atoms with Crippen molar-refractivity contribution in [1.82, 2.24) is 15.0 Å². The van der Waals surface area contributed by atoms with Crippen LogP contribution in [0, 0.1) is 34.6 Å². The summed E-state index contributed by atoms with van der Waals surface area (Å²) in [5, 5.41) is 48.6. The summed E-state index contributed by atoms with van der Waals surface area (Å²) in [5.41, 5.74) is -3.35. The van der Waals surface area contributed by atoms with Crippen LogP contribution >= 0.6 is 0 Å². The first kappa shape index (κ1) is 53.9. The lowest BCUT2D eigenvalue weighted by molar-refractivity contribution is -0.305. The van der Waals surface area contributed by atoms with E-state index in [0.717, 1.165) is 11.4 Å². The average molecular weight is 1070 g/mol. The Balaban J connectivity index is 0.930. The molecule has 77 heavy (non-hydrogen) atoms. The molecule has 0 aliphatic carbocycles. The molecule has 8 atom stereocenters. The number of rotatable bonds is 13. The molecule has 8 N–H and O–H groups in total. The van der Waals surface area contributed by atoms with E-state index in [9.17, 15) is 44.4 Å². The van der Waals surface area contributed by atoms with Gasteiger partial charge in [-0.25, -0.2) is 19.2 Å². The molecule has 2 saturated heterocycles. The molecule has 7 aromatic rings. The molecule has 23 nitrogen and oxygen atoms in total. The maximum absolute atomic E-state index is 13.9. The number of aliphatic hydroxyl groups is 2. The van der Waals surface area contributed by atoms with Crippen molar-refractivity contribution >= 4 is 45.5 Å². The molecule has 5 aromatic heterocycles. The second-order valence-electron chi connectivity index (χ2n) is 20.1. The van der Waals surface area contributed by atoms with Crippen molar-refractivity contribution < 1.29 is 81.5 Å². The Morgan fingerprint density at radius 2 is 1.08 bits per heavy atom. The minimum Gasteiger partial charge on any atom is -0.506 e. The number of aromatic nitrogens is 3. The van der Waals surface area contributed by atoms with Crippen molar-refractivity contribution in [2.75, 3.05) is 19.5 Å². The van der Waals surface area contributed by atoms with Gasteiger partial charge in [-0.05, 0) is 116 Å². The van der Waals surface area contributed by atoms with Gasteiger partial charge in [-0.3, -0.25) is 4.79 Å². The van der Waals surface area contributed by atoms with Crippen LogP contribution in [0.4, 0.5) is 5.69 Å². The molecule has 2 fully saturated rings. The summed E-state index contributed by atoms with van der Waals surface area (Å²) < 4.78 is 58.7. The smallest absolute Gasteiger partial charge is 0.364 e. The third-order valence-electron chi connectivity index (χ3n) is 14.0. The van der Waals surface area contributed by atoms with Crippen molar-refractivity contribution in [1.29, 1.82) is 0 Å². The molecule has 2 unspecified atom stereocenters. The monoisotopic (exact) mass is 1070 g/mol. The molecule has 23 heteroatoms. The number of hydrogen-bond acceptors (Lipinski definition) is 19. The van der Waals surface area contributed by atoms with Gasteiger partial charge in [0.25, 0.3) is 5.91 Å². The van der Waals surface area contributed by atoms with Crippen molar-refractivity contribution in [3.8, 4) is 34.1 Å². The van der Waals surface area contributed by atoms with Gasteiger partial charge in [-0.15, -0.1) is 0 Å². The number of aryl methyl sites for hydroxylation is 4. The van der Waals surface area contributed by atoms with Crippen LogP contribution in [0.2, 0.25) is 0 Å². The summed E-state index contributed by atoms with van der Waals surface area (Å²) in [7, 11) is 2.78. The van der Waals surface area contributed by atoms with E-state index in [4.69, 9.17) is 46.7 Å². The number of aromatic amines is 3. The quantitative estimate of drug-likeness (QED) is 0.0486. The van der Waals surface area contributed by atoms with Crippen molar-refractivity contribution in [3.63, 3.8) is 0 Å². The Morgan fingerprint density at radius 1 is 0.623 bits per heavy atom. The zero-order valence-corrected chi connectivity index (χ0v) is 43.7. The van der Waals surface area contributed by atoms with Gasteiger partial charge in [-0.2, -0.15) is 0 Å². The summed E-state index contributed by atoms with van der Waals surface area (Å²) in [6.45, 7) is 14.8. The van der Waals surface area contributed by atoms with Gasteiger partial charge in [0.05, 0.1) is 22.0 Å². The lowest BCUT2D eigenvalue weighted by atomic mass is 9.89. The van der Waals surface area contributed by atoms with Gasteiger partial charge >= 0.3 is 23.2 Å². The molecule has 0 spiro atoms. The van der Waals surface area contributed by atoms with Crippen molar-refractivity contribution in [2.24, 2.45) is 0 Å². The third-order valence-corrected chi connectivity index (χ3v) is 14.0. The average Bonchev–Trinajstić information content (AvgIpc) is 4.15. The number of amides is 1. The lowest BCUT2D eigenvalue weighted by Gasteiger charge is -2.47. The second kappa shape index (κ2) is 20.2. The van der Waals surface area contributed by atoms with E-state index < -0.39 is 107 Å². The largest absolute Gasteiger partial charge is 0.506 e. The molecule has 0 saturated carbocycles. The van der Waals surface area contributed by atoms with E-state index in [-0.39, 0.29) is 78.3 Å². The van der Waals surface area contributed by atoms with E-state index in [1.54, 1.807) is 72.7 Å². The fourth-order valence-electron chi connectivity index (χ4n) is 9.99. The Morgan fingerprint density at radius 3 is 1.52 bits per heavy atom. The van der Waals surface area contributed by atoms with Crippen LogP contribution in [0.1, 0.15) is 87.2 Å². The zero-order chi connectivity index (χ0) is 55.7. The maximum Gasteiger partial charge on any atom is 0.364 e. The topological polar surface area (TPSA) is 326 Å². The highest BCUT2D eigenvalue weighted by Gasteiger charge is 2.55. The number of benzene rings is 2. The summed E-state index contributed by atoms with van der Waals surface area (Å²) in [6.07, 6.45) is -9.08. The number of carbonyl (C=O) groups is 3. The van der Waals surface area contributed by atoms with Crippen LogP contribution in [0.15, 0.2) is 73.2 Å². The molecule has 2 aliphatic heterocycles. The predicted molar refractivity (Wildman–Crippen MR) is 272 cm³/mol. The minimum absolute atomic E-state index is 0.00625. The number of ether oxygens (including phenoxy) is 8. The molecule has 1 amide bonds. The van der Waals surface area contributed by atoms with E-state index in [0.29, 0.717) is 0 Å². The third kappa shape index (κ3) is 9.69. The second-order valence-corrected chi connectivity index (χ2v) is 20.1. The highest BCUT2D eigenvalue weighted by Crippen LogP contribution is 2.42. The maximum atomic E-state index is 13.9. The van der Waals surface area contributed by atoms with Crippen LogP contribution in [-0.4, -0.2) is 128 Å². The lowest BCUT2D eigenvalue weighted by Crippen LogP contribution is -2.65. The zero-order valence-electron chi connectivity index (χ0n) is 43.7. The van der Waals surface area contributed by atoms with Crippen LogP contribution in [0.25, 0.3) is 33.1 Å². The number of H-pyrrole nitrogens is 3. The number of esters is 2. The van der Waals surface area contributed by atoms with Crippen molar-refractivity contribution in [2.45, 2.75) is 123 Å². The van der Waals surface area contributed by atoms with E-state index in [1.165, 1.54) is 58.5 Å². The van der Waals surface area contributed by atoms with Crippen LogP contribution < -0.4 is 26.0 Å². The molecular weight excluding hydrogens is 1010 g/mol. The normalized spacial score (nSPS) is 22.9. The van der Waals surface area contributed by atoms with Gasteiger partial charge in [-0.1, -0.05) is 0 Å². The van der Waals surface area contributed by atoms with Gasteiger partial charge in [0, 0.05) is 48.5 Å². The molecule has 2 aliphatic rings. The summed E-state index contributed by atoms with van der Waals surface area (Å²) in [4.78, 5) is 76.0. The molecule has 7 heterocycles. The van der Waals surface area contributed by atoms with Gasteiger partial charge in [0.15, 0.2) is 35.9 Å². The molecule has 2 aromatic carbocycles. The Bertz CT molecular complexity index is 3580. The molecule has 9 rings (SSSR count). The van der Waals surface area contributed by atoms with E-state index in [1.807, 2.05) is 0 Å². The Labute approximate surface area is 437 Å². The summed E-state index contributed by atoms with van der Waals surface area (Å²) in [6, 6.07) is 12.2. The van der Waals surface area contributed by atoms with Crippen LogP contribution in [0.5, 0.6) is 23.0 Å². The number of nitrogens with one attached hydrogen (secondary N) is 4. The Hall–Kier alpha value is -7.93. The number of methoxy groups -OCH3 is 2. The van der Waals surface area contributed by atoms with Crippen molar-refractivity contribution in [3.05, 3.63) is 121 Å². The summed E-state index contributed by atoms with van der Waals surface area (Å²) >= 11 is 0. The van der Waals surface area contributed by atoms with E-state index in [2.05, 4.69) is 20.3 Å². The highest BCUT2D eigenvalue weighted by atomic mass is 16.7. The highest BCUT2D eigenvalue weighted by molar-refractivity contribution is 6.07. The first-order valence-corrected chi connectivity index (χ1v) is 24.3. The SMILES string of the molecule is CO[C@@H]1C(OC(=O)c2ccc(C)[nH]2)[C@H](O)[C@H](Oc2ccc3c(O)c(NC(=O)c4[nH]cc(-c5c(O)c6ccc(O[C@H]7OC(C)(C)[C@@H](OC)[C@@H](OC(=O)c8ccc(C)[nH]8)C7O)c(C)c6oc5=O)c4C)c(=O)oc3c2C)OC1(C)C. The number of carbonyl (C=O) groups excluding carboxylic acids is 3. The van der Waals surface area contributed by atoms with Gasteiger partial charge in [0.2, 0.25) is 12.6 Å². The number of fused-ring (bicyclic) bond motifs is 2. The number of hydrogen-bond donors (Lipinski definition) is 8. The predicted octanol–water partition coefficient (Wildman–Crippen LogP) is 5.99. The fraction of sp³-hybridized carbons (Fsp3) is 0.389. The van der Waals surface area contributed by atoms with Crippen LogP contribution in [0.3, 0.4) is 0 Å². The van der Waals surface area contributed by atoms with Crippen LogP contribution in [-0.2, 0) is 28.4 Å². The first-order valence-electron chi connectivity index (χ1n) is 24.3. The standard InChI is InChI=1S/C54H58N4O19/c1-21-12-16-29(56-21)47(64)74-42-38(61)51(76-53(6,7)44(42)68-10)70-31-18-14-26-36(59)33(49(66)72-40(26)24(31)4)28-20-55-34(23(28)3)46(63)58-35-37(60)27-15-19-32(25(5)41(27)73-50(35)67)71-52-39(62)43(45(69-11)54(8,9)77-52)75-48(65)30-17-13-22(2)57-30/h12-20,38-39,42-45,51-52,55-57,59-62H,1-11H3,(H,58,63)/t38?,39-,42-,43?,44-,45+,51-,52+/m0/s1. The van der Waals surface area contributed by atoms with Gasteiger partial charge in [0.1, 0.15) is 63.3 Å². The number of anilines is 1. The minimum atomic E-state index is -1.58. The molecule has 408 valence electrons. The van der Waals surface area contributed by atoms with Gasteiger partial charge < -0.3 is 87.4 Å². The fourth-order valence-corrected chi connectivity index (χ4v) is 9.99. The van der Waals surface area contributed by atoms with E-state index >= 15 is 0 Å². The molecule has 0 radical (unpaired) electrons. The number of aromatic hydroxyl groups is 2. The Kier molecular flexibility index (Phi) is 14.1. The number of aliphatic hydroxyl groups excluding tert-OH is 2. The molecular formula is C54H58N4O19. The first-order chi connectivity index (χ1) is 36.3.